The van der Waals surface area contributed by atoms with E-state index in [1.807, 2.05) is 0 Å². The van der Waals surface area contributed by atoms with Gasteiger partial charge in [-0.25, -0.2) is 4.79 Å². The molecule has 0 amide bonds. The molecule has 96 valence electrons. The highest BCUT2D eigenvalue weighted by molar-refractivity contribution is 6.36. The molecule has 0 saturated carbocycles. The number of aliphatic carboxylic acids is 2. The van der Waals surface area contributed by atoms with Gasteiger partial charge >= 0.3 is 11.9 Å². The molecule has 1 aromatic carbocycles. The second-order valence-corrected chi connectivity index (χ2v) is 4.85. The third-order valence-electron chi connectivity index (χ3n) is 2.84. The van der Waals surface area contributed by atoms with Gasteiger partial charge < -0.3 is 15.5 Å². The van der Waals surface area contributed by atoms with Crippen molar-refractivity contribution in [2.75, 3.05) is 5.32 Å². The smallest absolute Gasteiger partial charge is 0.326 e. The summed E-state index contributed by atoms with van der Waals surface area (Å²) in [6, 6.07) is 1.96. The van der Waals surface area contributed by atoms with E-state index in [1.165, 1.54) is 12.1 Å². The summed E-state index contributed by atoms with van der Waals surface area (Å²) in [7, 11) is 0. The lowest BCUT2D eigenvalue weighted by molar-refractivity contribution is -0.140. The second-order valence-electron chi connectivity index (χ2n) is 4.01. The van der Waals surface area contributed by atoms with Gasteiger partial charge in [0.05, 0.1) is 5.92 Å². The van der Waals surface area contributed by atoms with E-state index in [0.29, 0.717) is 16.3 Å². The number of rotatable bonds is 2. The normalized spacial score (nSPS) is 21.9. The van der Waals surface area contributed by atoms with Crippen LogP contribution in [0, 0.1) is 0 Å². The molecule has 1 aliphatic rings. The molecule has 0 saturated heterocycles. The topological polar surface area (TPSA) is 86.6 Å². The molecule has 2 atom stereocenters. The van der Waals surface area contributed by atoms with Crippen LogP contribution in [0.15, 0.2) is 12.1 Å². The Morgan fingerprint density at radius 3 is 2.44 bits per heavy atom. The van der Waals surface area contributed by atoms with Crippen molar-refractivity contribution in [2.24, 2.45) is 0 Å². The van der Waals surface area contributed by atoms with E-state index in [-0.39, 0.29) is 11.4 Å². The summed E-state index contributed by atoms with van der Waals surface area (Å²) in [6.45, 7) is 0. The number of hydrogen-bond acceptors (Lipinski definition) is 3. The van der Waals surface area contributed by atoms with Crippen LogP contribution in [0.4, 0.5) is 5.69 Å². The van der Waals surface area contributed by atoms with Gasteiger partial charge in [0.2, 0.25) is 0 Å². The lowest BCUT2D eigenvalue weighted by Gasteiger charge is -2.29. The number of carboxylic acids is 2. The number of benzene rings is 1. The van der Waals surface area contributed by atoms with Crippen LogP contribution in [-0.4, -0.2) is 28.2 Å². The molecule has 1 heterocycles. The number of nitrogens with one attached hydrogen (secondary N) is 1. The van der Waals surface area contributed by atoms with Crippen molar-refractivity contribution in [2.45, 2.75) is 18.4 Å². The van der Waals surface area contributed by atoms with Gasteiger partial charge in [-0.05, 0) is 18.6 Å². The van der Waals surface area contributed by atoms with Gasteiger partial charge in [0.25, 0.3) is 0 Å². The lowest BCUT2D eigenvalue weighted by atomic mass is 9.87. The molecule has 5 nitrogen and oxygen atoms in total. The molecule has 0 aliphatic carbocycles. The first-order valence-electron chi connectivity index (χ1n) is 5.11. The van der Waals surface area contributed by atoms with Crippen LogP contribution >= 0.6 is 23.2 Å². The highest BCUT2D eigenvalue weighted by Crippen LogP contribution is 2.41. The molecular formula is C11H9Cl2NO4. The average molecular weight is 290 g/mol. The van der Waals surface area contributed by atoms with Crippen molar-refractivity contribution in [3.05, 3.63) is 27.7 Å². The minimum Gasteiger partial charge on any atom is -0.481 e. The van der Waals surface area contributed by atoms with E-state index < -0.39 is 23.9 Å². The maximum absolute atomic E-state index is 11.2. The van der Waals surface area contributed by atoms with Gasteiger partial charge in [-0.15, -0.1) is 0 Å². The number of anilines is 1. The van der Waals surface area contributed by atoms with Crippen LogP contribution in [0.25, 0.3) is 0 Å². The molecule has 18 heavy (non-hydrogen) atoms. The Balaban J connectivity index is 2.54. The molecule has 1 aliphatic heterocycles. The summed E-state index contributed by atoms with van der Waals surface area (Å²) in [5.74, 6) is -3.16. The summed E-state index contributed by atoms with van der Waals surface area (Å²) >= 11 is 11.8. The van der Waals surface area contributed by atoms with Crippen LogP contribution in [0.2, 0.25) is 10.0 Å². The van der Waals surface area contributed by atoms with Gasteiger partial charge in [-0.2, -0.15) is 0 Å². The first kappa shape index (κ1) is 13.0. The number of carboxylic acid groups (broad SMARTS) is 2. The summed E-state index contributed by atoms with van der Waals surface area (Å²) in [6.07, 6.45) is -0.0565. The molecule has 0 spiro atoms. The first-order chi connectivity index (χ1) is 8.40. The van der Waals surface area contributed by atoms with Crippen LogP contribution < -0.4 is 5.32 Å². The number of halogens is 2. The van der Waals surface area contributed by atoms with E-state index in [1.54, 1.807) is 0 Å². The third-order valence-corrected chi connectivity index (χ3v) is 3.37. The van der Waals surface area contributed by atoms with Gasteiger partial charge in [-0.3, -0.25) is 4.79 Å². The van der Waals surface area contributed by atoms with Gasteiger partial charge in [-0.1, -0.05) is 23.2 Å². The van der Waals surface area contributed by atoms with Crippen LogP contribution in [0.3, 0.4) is 0 Å². The van der Waals surface area contributed by atoms with E-state index >= 15 is 0 Å². The number of hydrogen-bond donors (Lipinski definition) is 3. The minimum absolute atomic E-state index is 0.0565. The minimum atomic E-state index is -1.11. The zero-order chi connectivity index (χ0) is 13.4. The summed E-state index contributed by atoms with van der Waals surface area (Å²) in [4.78, 5) is 22.2. The van der Waals surface area contributed by atoms with Crippen molar-refractivity contribution >= 4 is 40.8 Å². The molecule has 2 rings (SSSR count). The maximum Gasteiger partial charge on any atom is 0.326 e. The molecule has 0 fully saturated rings. The SMILES string of the molecule is O=C(O)[C@H]1C[C@H](C(=O)O)Nc2cc(Cl)cc(Cl)c21. The van der Waals surface area contributed by atoms with Crippen molar-refractivity contribution in [1.29, 1.82) is 0 Å². The summed E-state index contributed by atoms with van der Waals surface area (Å²) in [5.41, 5.74) is 0.740. The van der Waals surface area contributed by atoms with Crippen molar-refractivity contribution in [3.63, 3.8) is 0 Å². The van der Waals surface area contributed by atoms with Gasteiger partial charge in [0.1, 0.15) is 6.04 Å². The zero-order valence-electron chi connectivity index (χ0n) is 8.98. The number of carbonyl (C=O) groups is 2. The van der Waals surface area contributed by atoms with Crippen LogP contribution in [-0.2, 0) is 9.59 Å². The maximum atomic E-state index is 11.2. The summed E-state index contributed by atoms with van der Waals surface area (Å²) in [5, 5.41) is 21.4. The Morgan fingerprint density at radius 2 is 1.89 bits per heavy atom. The van der Waals surface area contributed by atoms with E-state index in [9.17, 15) is 9.59 Å². The average Bonchev–Trinajstić information content (AvgIpc) is 2.26. The fraction of sp³-hybridized carbons (Fsp3) is 0.273. The molecule has 1 aromatic rings. The molecule has 0 unspecified atom stereocenters. The van der Waals surface area contributed by atoms with Crippen LogP contribution in [0.1, 0.15) is 17.9 Å². The van der Waals surface area contributed by atoms with Crippen molar-refractivity contribution < 1.29 is 19.8 Å². The highest BCUT2D eigenvalue weighted by atomic mass is 35.5. The van der Waals surface area contributed by atoms with E-state index in [4.69, 9.17) is 33.4 Å². The van der Waals surface area contributed by atoms with Gasteiger partial charge in [0, 0.05) is 21.3 Å². The fourth-order valence-electron chi connectivity index (χ4n) is 2.05. The highest BCUT2D eigenvalue weighted by Gasteiger charge is 2.36. The predicted molar refractivity (Wildman–Crippen MR) is 66.5 cm³/mol. The van der Waals surface area contributed by atoms with Crippen molar-refractivity contribution in [3.8, 4) is 0 Å². The molecule has 3 N–H and O–H groups in total. The largest absolute Gasteiger partial charge is 0.481 e. The Morgan fingerprint density at radius 1 is 1.22 bits per heavy atom. The third kappa shape index (κ3) is 2.23. The van der Waals surface area contributed by atoms with E-state index in [0.717, 1.165) is 0 Å². The Bertz CT molecular complexity index is 532. The molecule has 0 aromatic heterocycles. The Kier molecular flexibility index (Phi) is 3.36. The zero-order valence-corrected chi connectivity index (χ0v) is 10.5. The monoisotopic (exact) mass is 289 g/mol. The Labute approximate surface area is 112 Å². The first-order valence-corrected chi connectivity index (χ1v) is 5.87. The summed E-state index contributed by atoms with van der Waals surface area (Å²) < 4.78 is 0. The fourth-order valence-corrected chi connectivity index (χ4v) is 2.67. The van der Waals surface area contributed by atoms with E-state index in [2.05, 4.69) is 5.32 Å². The molecular weight excluding hydrogens is 281 g/mol. The standard InChI is InChI=1S/C11H9Cl2NO4/c12-4-1-6(13)9-5(10(15)16)3-8(11(17)18)14-7(9)2-4/h1-2,5,8,14H,3H2,(H,15,16)(H,17,18)/t5-,8+/m0/s1. The number of fused-ring (bicyclic) bond motifs is 1. The predicted octanol–water partition coefficient (Wildman–Crippen LogP) is 2.43. The quantitative estimate of drug-likeness (QED) is 0.778. The van der Waals surface area contributed by atoms with Crippen LogP contribution in [0.5, 0.6) is 0 Å². The lowest BCUT2D eigenvalue weighted by Crippen LogP contribution is -2.37. The second kappa shape index (κ2) is 4.66. The van der Waals surface area contributed by atoms with Gasteiger partial charge in [0.15, 0.2) is 0 Å². The van der Waals surface area contributed by atoms with Crippen molar-refractivity contribution in [1.82, 2.24) is 0 Å². The molecule has 7 heteroatoms. The molecule has 0 radical (unpaired) electrons. The Hall–Kier alpha value is -1.46. The molecule has 0 bridgehead atoms.